The number of halogens is 3. The summed E-state index contributed by atoms with van der Waals surface area (Å²) in [6.45, 7) is 3.73. The average Bonchev–Trinajstić information content (AvgIpc) is 3.22. The van der Waals surface area contributed by atoms with Gasteiger partial charge in [-0.15, -0.1) is 0 Å². The minimum atomic E-state index is -1.02. The fraction of sp³-hybridized carbons (Fsp3) is 0.409. The van der Waals surface area contributed by atoms with Gasteiger partial charge in [-0.3, -0.25) is 14.4 Å². The Kier molecular flexibility index (Phi) is 5.37. The Hall–Kier alpha value is -2.78. The molecule has 0 bridgehead atoms. The van der Waals surface area contributed by atoms with Crippen molar-refractivity contribution in [1.29, 1.82) is 0 Å². The van der Waals surface area contributed by atoms with Crippen LogP contribution in [-0.4, -0.2) is 33.6 Å². The minimum Gasteiger partial charge on any atom is -0.503 e. The van der Waals surface area contributed by atoms with Crippen LogP contribution in [0.25, 0.3) is 0 Å². The zero-order valence-electron chi connectivity index (χ0n) is 17.4. The van der Waals surface area contributed by atoms with Gasteiger partial charge in [0.25, 0.3) is 5.91 Å². The Morgan fingerprint density at radius 1 is 1.31 bits per heavy atom. The zero-order chi connectivity index (χ0) is 23.4. The molecule has 0 aliphatic carbocycles. The first-order valence-corrected chi connectivity index (χ1v) is 10.4. The van der Waals surface area contributed by atoms with Gasteiger partial charge >= 0.3 is 0 Å². The van der Waals surface area contributed by atoms with Crippen molar-refractivity contribution in [3.05, 3.63) is 62.0 Å². The minimum absolute atomic E-state index is 0.0812. The van der Waals surface area contributed by atoms with Crippen LogP contribution in [0.1, 0.15) is 53.1 Å². The summed E-state index contributed by atoms with van der Waals surface area (Å²) < 4.78 is 34.7. The van der Waals surface area contributed by atoms with Crippen molar-refractivity contribution >= 4 is 23.3 Å². The topological polar surface area (TPSA) is 97.6 Å². The molecule has 1 atom stereocenters. The number of carbonyl (C=O) groups is 2. The highest BCUT2D eigenvalue weighted by Crippen LogP contribution is 2.48. The van der Waals surface area contributed by atoms with Crippen molar-refractivity contribution in [2.45, 2.75) is 45.4 Å². The maximum atomic E-state index is 14.1. The van der Waals surface area contributed by atoms with Crippen LogP contribution < -0.4 is 10.7 Å². The van der Waals surface area contributed by atoms with Crippen LogP contribution in [0.15, 0.2) is 23.1 Å². The van der Waals surface area contributed by atoms with Crippen molar-refractivity contribution in [2.75, 3.05) is 6.61 Å². The van der Waals surface area contributed by atoms with Gasteiger partial charge in [0, 0.05) is 24.9 Å². The van der Waals surface area contributed by atoms with Gasteiger partial charge in [-0.25, -0.2) is 8.78 Å². The third-order valence-corrected chi connectivity index (χ3v) is 6.85. The second-order valence-electron chi connectivity index (χ2n) is 8.61. The molecule has 4 rings (SSSR count). The van der Waals surface area contributed by atoms with E-state index < -0.39 is 56.1 Å². The van der Waals surface area contributed by atoms with Gasteiger partial charge in [0.05, 0.1) is 17.6 Å². The number of hydrogen-bond acceptors (Lipinski definition) is 5. The quantitative estimate of drug-likeness (QED) is 0.677. The number of benzene rings is 1. The number of rotatable bonds is 3. The van der Waals surface area contributed by atoms with E-state index in [1.165, 1.54) is 10.8 Å². The first kappa shape index (κ1) is 22.4. The maximum absolute atomic E-state index is 14.1. The van der Waals surface area contributed by atoms with E-state index in [9.17, 15) is 28.3 Å². The first-order valence-electron chi connectivity index (χ1n) is 10.1. The molecular formula is C22H21ClF2N2O5. The molecule has 7 nitrogen and oxygen atoms in total. The van der Waals surface area contributed by atoms with Crippen LogP contribution in [0, 0.1) is 17.0 Å². The van der Waals surface area contributed by atoms with Gasteiger partial charge in [0.2, 0.25) is 5.43 Å². The molecule has 0 radical (unpaired) electrons. The summed E-state index contributed by atoms with van der Waals surface area (Å²) in [7, 11) is 0. The van der Waals surface area contributed by atoms with Crippen molar-refractivity contribution in [1.82, 2.24) is 9.88 Å². The highest BCUT2D eigenvalue weighted by Gasteiger charge is 2.57. The summed E-state index contributed by atoms with van der Waals surface area (Å²) in [5, 5.41) is 12.2. The zero-order valence-corrected chi connectivity index (χ0v) is 18.2. The molecule has 2 aliphatic rings. The van der Waals surface area contributed by atoms with Gasteiger partial charge in [0.1, 0.15) is 27.9 Å². The van der Waals surface area contributed by atoms with Crippen LogP contribution in [0.5, 0.6) is 5.75 Å². The van der Waals surface area contributed by atoms with Crippen molar-refractivity contribution in [2.24, 2.45) is 5.41 Å². The first-order chi connectivity index (χ1) is 15.0. The Labute approximate surface area is 186 Å². The molecule has 10 heteroatoms. The van der Waals surface area contributed by atoms with E-state index in [1.54, 1.807) is 13.8 Å². The number of hydrogen-bond donors (Lipinski definition) is 2. The molecule has 1 amide bonds. The molecule has 2 N–H and O–H groups in total. The van der Waals surface area contributed by atoms with E-state index in [2.05, 4.69) is 5.32 Å². The molecule has 0 saturated carbocycles. The van der Waals surface area contributed by atoms with E-state index in [0.29, 0.717) is 13.0 Å². The highest BCUT2D eigenvalue weighted by molar-refractivity contribution is 6.30. The number of carbonyl (C=O) groups excluding carboxylic acids is 2. The van der Waals surface area contributed by atoms with Gasteiger partial charge in [0.15, 0.2) is 11.5 Å². The Balaban J connectivity index is 1.68. The number of fused-ring (bicyclic) bond motifs is 1. The van der Waals surface area contributed by atoms with Crippen molar-refractivity contribution in [3.8, 4) is 5.75 Å². The lowest BCUT2D eigenvalue weighted by atomic mass is 9.67. The van der Waals surface area contributed by atoms with Crippen LogP contribution in [0.3, 0.4) is 0 Å². The summed E-state index contributed by atoms with van der Waals surface area (Å²) >= 11 is 5.54. The van der Waals surface area contributed by atoms with E-state index in [0.717, 1.165) is 18.6 Å². The Bertz CT molecular complexity index is 1200. The molecule has 1 fully saturated rings. The average molecular weight is 467 g/mol. The fourth-order valence-electron chi connectivity index (χ4n) is 4.44. The summed E-state index contributed by atoms with van der Waals surface area (Å²) in [4.78, 5) is 38.5. The summed E-state index contributed by atoms with van der Waals surface area (Å²) in [6.07, 6.45) is 2.58. The second kappa shape index (κ2) is 7.67. The monoisotopic (exact) mass is 466 g/mol. The molecule has 1 unspecified atom stereocenters. The molecular weight excluding hydrogens is 446 g/mol. The smallest absolute Gasteiger partial charge is 0.257 e. The molecule has 1 aromatic heterocycles. The molecule has 1 saturated heterocycles. The standard InChI is InChI=1S/C22H21ClF2N2O5/c1-21(2)19(30)16-18(29)17(28)12(9-27(16)10-22(21)6-3-7-32-22)20(31)26-8-11-4-5-13(24)14(23)15(11)25/h4-5,9,29H,3,6-8,10H2,1-2H3,(H,26,31). The van der Waals surface area contributed by atoms with E-state index in [4.69, 9.17) is 16.3 Å². The fourth-order valence-corrected chi connectivity index (χ4v) is 4.62. The van der Waals surface area contributed by atoms with Crippen LogP contribution in [-0.2, 0) is 17.8 Å². The number of ketones is 1. The maximum Gasteiger partial charge on any atom is 0.257 e. The van der Waals surface area contributed by atoms with Crippen molar-refractivity contribution < 1.29 is 28.2 Å². The predicted molar refractivity (Wildman–Crippen MR) is 111 cm³/mol. The van der Waals surface area contributed by atoms with E-state index >= 15 is 0 Å². The number of ether oxygens (including phenoxy) is 1. The van der Waals surface area contributed by atoms with Crippen LogP contribution in [0.4, 0.5) is 8.78 Å². The normalized spacial score (nSPS) is 21.6. The Morgan fingerprint density at radius 2 is 2.03 bits per heavy atom. The van der Waals surface area contributed by atoms with Crippen LogP contribution in [0.2, 0.25) is 5.02 Å². The van der Waals surface area contributed by atoms with Gasteiger partial charge in [-0.2, -0.15) is 0 Å². The van der Waals surface area contributed by atoms with Gasteiger partial charge in [-0.05, 0) is 32.8 Å². The summed E-state index contributed by atoms with van der Waals surface area (Å²) in [5.74, 6) is -4.12. The highest BCUT2D eigenvalue weighted by atomic mass is 35.5. The third-order valence-electron chi connectivity index (χ3n) is 6.51. The number of nitrogens with one attached hydrogen (secondary N) is 1. The SMILES string of the molecule is CC1(C)C(=O)c2c(O)c(=O)c(C(=O)NCc3ccc(F)c(Cl)c3F)cn2CC12CCCO2. The number of amides is 1. The molecule has 32 heavy (non-hydrogen) atoms. The second-order valence-corrected chi connectivity index (χ2v) is 8.99. The van der Waals surface area contributed by atoms with Gasteiger partial charge < -0.3 is 19.7 Å². The summed E-state index contributed by atoms with van der Waals surface area (Å²) in [5.41, 5.74) is -3.48. The predicted octanol–water partition coefficient (Wildman–Crippen LogP) is 3.19. The van der Waals surface area contributed by atoms with Gasteiger partial charge in [-0.1, -0.05) is 17.7 Å². The number of nitrogens with zero attached hydrogens (tertiary/aromatic N) is 1. The Morgan fingerprint density at radius 3 is 2.69 bits per heavy atom. The molecule has 1 spiro atoms. The third kappa shape index (κ3) is 3.22. The lowest BCUT2D eigenvalue weighted by Crippen LogP contribution is -2.56. The van der Waals surface area contributed by atoms with Crippen molar-refractivity contribution in [3.63, 3.8) is 0 Å². The molecule has 2 aliphatic heterocycles. The number of aromatic hydroxyl groups is 1. The molecule has 1 aromatic carbocycles. The number of pyridine rings is 1. The van der Waals surface area contributed by atoms with E-state index in [-0.39, 0.29) is 24.3 Å². The van der Waals surface area contributed by atoms with E-state index in [1.807, 2.05) is 0 Å². The molecule has 170 valence electrons. The number of Topliss-reactive ketones (excluding diaryl/α,β-unsaturated/α-hetero) is 1. The largest absolute Gasteiger partial charge is 0.503 e. The molecule has 2 aromatic rings. The van der Waals surface area contributed by atoms with Crippen LogP contribution >= 0.6 is 11.6 Å². The summed E-state index contributed by atoms with van der Waals surface area (Å²) in [6, 6.07) is 2.08. The molecule has 3 heterocycles. The number of aromatic nitrogens is 1. The lowest BCUT2D eigenvalue weighted by Gasteiger charge is -2.46. The lowest BCUT2D eigenvalue weighted by molar-refractivity contribution is -0.0877.